The minimum absolute atomic E-state index is 0.0278. The number of aromatic nitrogens is 2. The van der Waals surface area contributed by atoms with Crippen molar-refractivity contribution in [2.75, 3.05) is 0 Å². The summed E-state index contributed by atoms with van der Waals surface area (Å²) >= 11 is 0. The van der Waals surface area contributed by atoms with Crippen molar-refractivity contribution in [1.82, 2.24) is 9.97 Å². The van der Waals surface area contributed by atoms with E-state index in [-0.39, 0.29) is 11.5 Å². The number of hydrogen-bond acceptors (Lipinski definition) is 5. The quantitative estimate of drug-likeness (QED) is 0.167. The molecule has 5 nitrogen and oxygen atoms in total. The van der Waals surface area contributed by atoms with Crippen LogP contribution in [0.15, 0.2) is 215 Å². The maximum absolute atomic E-state index is 6.44. The number of ether oxygens (including phenoxy) is 1. The third kappa shape index (κ3) is 5.85. The molecular formula is C59H38N2O3. The molecule has 3 aromatic heterocycles. The fraction of sp³-hybridized carbons (Fsp3) is 0.0508. The van der Waals surface area contributed by atoms with Gasteiger partial charge in [0.2, 0.25) is 0 Å². The predicted molar refractivity (Wildman–Crippen MR) is 259 cm³/mol. The van der Waals surface area contributed by atoms with Crippen molar-refractivity contribution in [3.8, 4) is 73.0 Å². The Labute approximate surface area is 369 Å². The standard InChI is InChI=1S/C59H38N2O3/c1-59-30-10-9-17-57(59)64-56-29-24-41(34-49(56)59)40-22-26-43(42-25-28-55-48(33-42)45-14-6-8-16-53(45)63-55)46(31-40)51-35-50(60-58(61-51)38-11-3-2-4-12-38)37-20-18-36(19-21-37)39-23-27-54-47(32-39)44-13-5-7-15-52(44)62-54/h2-35,57H,1H3. The van der Waals surface area contributed by atoms with E-state index in [0.29, 0.717) is 5.82 Å². The summed E-state index contributed by atoms with van der Waals surface area (Å²) in [7, 11) is 0. The smallest absolute Gasteiger partial charge is 0.160 e. The highest BCUT2D eigenvalue weighted by Crippen LogP contribution is 2.48. The Kier molecular flexibility index (Phi) is 8.03. The first-order valence-electron chi connectivity index (χ1n) is 21.7. The lowest BCUT2D eigenvalue weighted by molar-refractivity contribution is 0.228. The second kappa shape index (κ2) is 14.1. The summed E-state index contributed by atoms with van der Waals surface area (Å²) in [4.78, 5) is 10.6. The molecule has 0 saturated heterocycles. The van der Waals surface area contributed by atoms with Crippen LogP contribution in [-0.2, 0) is 5.41 Å². The van der Waals surface area contributed by atoms with E-state index < -0.39 is 0 Å². The average Bonchev–Trinajstić information content (AvgIpc) is 4.02. The summed E-state index contributed by atoms with van der Waals surface area (Å²) in [5.41, 5.74) is 15.7. The molecule has 0 spiro atoms. The van der Waals surface area contributed by atoms with E-state index in [2.05, 4.69) is 171 Å². The Hall–Kier alpha value is -8.28. The fourth-order valence-electron chi connectivity index (χ4n) is 9.76. The number of fused-ring (bicyclic) bond motifs is 9. The molecule has 1 aliphatic carbocycles. The van der Waals surface area contributed by atoms with Gasteiger partial charge in [-0.25, -0.2) is 9.97 Å². The summed E-state index contributed by atoms with van der Waals surface area (Å²) in [6.07, 6.45) is 8.59. The van der Waals surface area contributed by atoms with Crippen molar-refractivity contribution < 1.29 is 13.6 Å². The summed E-state index contributed by atoms with van der Waals surface area (Å²) in [6, 6.07) is 63.8. The minimum atomic E-state index is -0.242. The zero-order chi connectivity index (χ0) is 42.4. The summed E-state index contributed by atoms with van der Waals surface area (Å²) in [6.45, 7) is 2.26. The molecule has 4 heterocycles. The molecule has 0 radical (unpaired) electrons. The predicted octanol–water partition coefficient (Wildman–Crippen LogP) is 15.4. The first-order valence-corrected chi connectivity index (χ1v) is 21.7. The van der Waals surface area contributed by atoms with E-state index >= 15 is 0 Å². The Morgan fingerprint density at radius 1 is 0.422 bits per heavy atom. The molecule has 0 bridgehead atoms. The molecule has 2 unspecified atom stereocenters. The van der Waals surface area contributed by atoms with Gasteiger partial charge < -0.3 is 13.6 Å². The highest BCUT2D eigenvalue weighted by molar-refractivity contribution is 6.07. The Morgan fingerprint density at radius 2 is 1.00 bits per heavy atom. The Balaban J connectivity index is 0.975. The summed E-state index contributed by atoms with van der Waals surface area (Å²) < 4.78 is 18.8. The lowest BCUT2D eigenvalue weighted by Gasteiger charge is -2.27. The third-order valence-electron chi connectivity index (χ3n) is 13.2. The van der Waals surface area contributed by atoms with Crippen LogP contribution in [0.1, 0.15) is 12.5 Å². The fourth-order valence-corrected chi connectivity index (χ4v) is 9.76. The number of para-hydroxylation sites is 2. The van der Waals surface area contributed by atoms with Crippen LogP contribution in [0, 0.1) is 0 Å². The van der Waals surface area contributed by atoms with Crippen LogP contribution < -0.4 is 4.74 Å². The first-order chi connectivity index (χ1) is 31.5. The van der Waals surface area contributed by atoms with Gasteiger partial charge in [-0.05, 0) is 107 Å². The normalized spacial score (nSPS) is 16.4. The van der Waals surface area contributed by atoms with Gasteiger partial charge in [0.1, 0.15) is 34.2 Å². The molecule has 64 heavy (non-hydrogen) atoms. The minimum Gasteiger partial charge on any atom is -0.485 e. The van der Waals surface area contributed by atoms with Gasteiger partial charge in [-0.15, -0.1) is 0 Å². The molecule has 5 heteroatoms. The Morgan fingerprint density at radius 3 is 1.77 bits per heavy atom. The molecular weight excluding hydrogens is 785 g/mol. The molecule has 1 aliphatic heterocycles. The van der Waals surface area contributed by atoms with Gasteiger partial charge in [-0.3, -0.25) is 0 Å². The lowest BCUT2D eigenvalue weighted by atomic mass is 9.76. The van der Waals surface area contributed by atoms with Crippen molar-refractivity contribution in [2.45, 2.75) is 18.4 Å². The van der Waals surface area contributed by atoms with Gasteiger partial charge in [0.15, 0.2) is 5.82 Å². The molecule has 302 valence electrons. The van der Waals surface area contributed by atoms with Gasteiger partial charge in [0.25, 0.3) is 0 Å². The third-order valence-corrected chi connectivity index (χ3v) is 13.2. The number of rotatable bonds is 6. The van der Waals surface area contributed by atoms with Crippen LogP contribution in [0.2, 0.25) is 0 Å². The maximum Gasteiger partial charge on any atom is 0.160 e. The van der Waals surface area contributed by atoms with E-state index in [0.717, 1.165) is 111 Å². The van der Waals surface area contributed by atoms with Crippen LogP contribution >= 0.6 is 0 Å². The van der Waals surface area contributed by atoms with E-state index in [1.165, 1.54) is 5.56 Å². The van der Waals surface area contributed by atoms with Crippen molar-refractivity contribution in [3.05, 3.63) is 212 Å². The number of furan rings is 2. The van der Waals surface area contributed by atoms with Gasteiger partial charge in [-0.1, -0.05) is 140 Å². The zero-order valence-electron chi connectivity index (χ0n) is 34.8. The lowest BCUT2D eigenvalue weighted by Crippen LogP contribution is -2.32. The number of nitrogens with zero attached hydrogens (tertiary/aromatic N) is 2. The molecule has 13 rings (SSSR count). The van der Waals surface area contributed by atoms with E-state index in [9.17, 15) is 0 Å². The van der Waals surface area contributed by atoms with Gasteiger partial charge >= 0.3 is 0 Å². The van der Waals surface area contributed by atoms with Gasteiger partial charge in [0, 0.05) is 43.8 Å². The summed E-state index contributed by atoms with van der Waals surface area (Å²) in [5, 5.41) is 4.39. The number of hydrogen-bond donors (Lipinski definition) is 0. The van der Waals surface area contributed by atoms with Crippen LogP contribution in [0.4, 0.5) is 0 Å². The molecule has 0 fully saturated rings. The SMILES string of the molecule is CC12C=CC=CC1Oc1ccc(-c3ccc(-c4ccc5oc6ccccc6c5c4)c(-c4cc(-c5ccc(-c6ccc7oc8ccccc8c7c6)cc5)nc(-c5ccccc5)n4)c3)cc12. The van der Waals surface area contributed by atoms with Crippen LogP contribution in [0.5, 0.6) is 5.75 Å². The van der Waals surface area contributed by atoms with Gasteiger partial charge in [0.05, 0.1) is 16.8 Å². The maximum atomic E-state index is 6.44. The summed E-state index contributed by atoms with van der Waals surface area (Å²) in [5.74, 6) is 1.59. The number of benzene rings is 8. The van der Waals surface area contributed by atoms with E-state index in [1.807, 2.05) is 42.5 Å². The van der Waals surface area contributed by atoms with E-state index in [1.54, 1.807) is 0 Å². The second-order valence-corrected chi connectivity index (χ2v) is 17.1. The first kappa shape index (κ1) is 36.4. The molecule has 0 saturated carbocycles. The molecule has 11 aromatic rings. The van der Waals surface area contributed by atoms with Crippen molar-refractivity contribution >= 4 is 43.9 Å². The molecule has 8 aromatic carbocycles. The number of allylic oxidation sites excluding steroid dienone is 2. The van der Waals surface area contributed by atoms with E-state index in [4.69, 9.17) is 23.5 Å². The largest absolute Gasteiger partial charge is 0.485 e. The van der Waals surface area contributed by atoms with Crippen molar-refractivity contribution in [3.63, 3.8) is 0 Å². The topological polar surface area (TPSA) is 61.3 Å². The average molecular weight is 823 g/mol. The van der Waals surface area contributed by atoms with Crippen LogP contribution in [-0.4, -0.2) is 16.1 Å². The highest BCUT2D eigenvalue weighted by atomic mass is 16.5. The molecule has 2 aliphatic rings. The van der Waals surface area contributed by atoms with Gasteiger partial charge in [-0.2, -0.15) is 0 Å². The molecule has 0 N–H and O–H groups in total. The highest BCUT2D eigenvalue weighted by Gasteiger charge is 2.43. The Bertz CT molecular complexity index is 3730. The zero-order valence-corrected chi connectivity index (χ0v) is 34.8. The van der Waals surface area contributed by atoms with Crippen LogP contribution in [0.25, 0.3) is 111 Å². The van der Waals surface area contributed by atoms with Crippen molar-refractivity contribution in [1.29, 1.82) is 0 Å². The van der Waals surface area contributed by atoms with Crippen LogP contribution in [0.3, 0.4) is 0 Å². The second-order valence-electron chi connectivity index (χ2n) is 17.1. The monoisotopic (exact) mass is 822 g/mol. The molecule has 2 atom stereocenters. The molecule has 0 amide bonds. The van der Waals surface area contributed by atoms with Crippen molar-refractivity contribution in [2.24, 2.45) is 0 Å².